The van der Waals surface area contributed by atoms with Gasteiger partial charge in [0.1, 0.15) is 0 Å². The minimum atomic E-state index is -1.12. The molecule has 0 heterocycles. The van der Waals surface area contributed by atoms with Gasteiger partial charge in [-0.05, 0) is 24.3 Å². The first-order valence-corrected chi connectivity index (χ1v) is 7.96. The van der Waals surface area contributed by atoms with Gasteiger partial charge in [0.05, 0.1) is 27.0 Å². The van der Waals surface area contributed by atoms with E-state index < -0.39 is 5.97 Å². The molecule has 1 rings (SSSR count). The van der Waals surface area contributed by atoms with E-state index in [1.807, 2.05) is 0 Å². The van der Waals surface area contributed by atoms with Crippen LogP contribution in [0.4, 0.5) is 5.69 Å². The first-order chi connectivity index (χ1) is 9.45. The van der Waals surface area contributed by atoms with Crippen molar-refractivity contribution in [1.82, 2.24) is 0 Å². The molecule has 0 atom stereocenters. The number of carboxylic acids is 1. The summed E-state index contributed by atoms with van der Waals surface area (Å²) in [7, 11) is 0. The second-order valence-corrected chi connectivity index (χ2v) is 5.99. The lowest BCUT2D eigenvalue weighted by atomic mass is 10.2. The van der Waals surface area contributed by atoms with Crippen LogP contribution in [0, 0.1) is 0 Å². The van der Waals surface area contributed by atoms with E-state index in [-0.39, 0.29) is 27.2 Å². The van der Waals surface area contributed by atoms with Gasteiger partial charge in [0.25, 0.3) is 0 Å². The highest BCUT2D eigenvalue weighted by Gasteiger charge is 2.14. The highest BCUT2D eigenvalue weighted by atomic mass is 35.5. The fraction of sp³-hybridized carbons (Fsp3) is 0.385. The zero-order chi connectivity index (χ0) is 15.1. The lowest BCUT2D eigenvalue weighted by Crippen LogP contribution is -2.15. The van der Waals surface area contributed by atoms with E-state index >= 15 is 0 Å². The standard InChI is InChI=1S/C13H15Cl2NO3S/c1-2-3-4-20-7-11(17)16-12-9(14)5-8(13(18)19)6-10(12)15/h5-6H,2-4,7H2,1H3,(H,16,17)(H,18,19). The average Bonchev–Trinajstić information content (AvgIpc) is 2.38. The molecule has 0 aliphatic carbocycles. The summed E-state index contributed by atoms with van der Waals surface area (Å²) in [4.78, 5) is 22.6. The van der Waals surface area contributed by atoms with Gasteiger partial charge < -0.3 is 10.4 Å². The van der Waals surface area contributed by atoms with Crippen LogP contribution in [0.3, 0.4) is 0 Å². The third kappa shape index (κ3) is 5.23. The van der Waals surface area contributed by atoms with Crippen LogP contribution >= 0.6 is 35.0 Å². The van der Waals surface area contributed by atoms with Gasteiger partial charge in [0.15, 0.2) is 0 Å². The number of rotatable bonds is 7. The lowest BCUT2D eigenvalue weighted by molar-refractivity contribution is -0.113. The van der Waals surface area contributed by atoms with Crippen LogP contribution in [0.2, 0.25) is 10.0 Å². The number of unbranched alkanes of at least 4 members (excludes halogenated alkanes) is 1. The van der Waals surface area contributed by atoms with Gasteiger partial charge in [-0.25, -0.2) is 4.79 Å². The molecule has 1 aromatic carbocycles. The number of carboxylic acid groups (broad SMARTS) is 1. The molecule has 0 saturated heterocycles. The third-order valence-corrected chi connectivity index (χ3v) is 4.07. The normalized spacial score (nSPS) is 10.3. The molecular formula is C13H15Cl2NO3S. The lowest BCUT2D eigenvalue weighted by Gasteiger charge is -2.10. The smallest absolute Gasteiger partial charge is 0.335 e. The number of nitrogens with one attached hydrogen (secondary N) is 1. The van der Waals surface area contributed by atoms with Crippen molar-refractivity contribution in [3.05, 3.63) is 27.7 Å². The Balaban J connectivity index is 2.68. The second-order valence-electron chi connectivity index (χ2n) is 4.07. The summed E-state index contributed by atoms with van der Waals surface area (Å²) in [5, 5.41) is 11.7. The Morgan fingerprint density at radius 2 is 1.90 bits per heavy atom. The van der Waals surface area contributed by atoms with Crippen molar-refractivity contribution in [1.29, 1.82) is 0 Å². The van der Waals surface area contributed by atoms with Crippen LogP contribution < -0.4 is 5.32 Å². The van der Waals surface area contributed by atoms with Crippen molar-refractivity contribution in [2.45, 2.75) is 19.8 Å². The molecule has 20 heavy (non-hydrogen) atoms. The number of halogens is 2. The van der Waals surface area contributed by atoms with Crippen LogP contribution in [0.15, 0.2) is 12.1 Å². The number of amides is 1. The number of aromatic carboxylic acids is 1. The molecule has 0 spiro atoms. The molecule has 4 nitrogen and oxygen atoms in total. The van der Waals surface area contributed by atoms with Crippen molar-refractivity contribution in [2.75, 3.05) is 16.8 Å². The minimum Gasteiger partial charge on any atom is -0.478 e. The average molecular weight is 336 g/mol. The Kier molecular flexibility index (Phi) is 7.19. The van der Waals surface area contributed by atoms with Crippen LogP contribution in [-0.4, -0.2) is 28.5 Å². The molecule has 2 N–H and O–H groups in total. The number of hydrogen-bond acceptors (Lipinski definition) is 3. The van der Waals surface area contributed by atoms with Gasteiger partial charge in [-0.2, -0.15) is 11.8 Å². The number of hydrogen-bond donors (Lipinski definition) is 2. The second kappa shape index (κ2) is 8.39. The number of carbonyl (C=O) groups excluding carboxylic acids is 1. The topological polar surface area (TPSA) is 66.4 Å². The van der Waals surface area contributed by atoms with Crippen LogP contribution in [-0.2, 0) is 4.79 Å². The highest BCUT2D eigenvalue weighted by molar-refractivity contribution is 7.99. The first kappa shape index (κ1) is 17.1. The van der Waals surface area contributed by atoms with E-state index in [4.69, 9.17) is 28.3 Å². The van der Waals surface area contributed by atoms with Crippen molar-refractivity contribution in [2.24, 2.45) is 0 Å². The van der Waals surface area contributed by atoms with Crippen molar-refractivity contribution < 1.29 is 14.7 Å². The molecule has 0 aliphatic heterocycles. The van der Waals surface area contributed by atoms with Crippen molar-refractivity contribution in [3.63, 3.8) is 0 Å². The molecule has 0 unspecified atom stereocenters. The molecular weight excluding hydrogens is 321 g/mol. The maximum Gasteiger partial charge on any atom is 0.335 e. The summed E-state index contributed by atoms with van der Waals surface area (Å²) in [6, 6.07) is 2.52. The van der Waals surface area contributed by atoms with Crippen LogP contribution in [0.5, 0.6) is 0 Å². The van der Waals surface area contributed by atoms with Crippen molar-refractivity contribution >= 4 is 52.5 Å². The Labute approximate surface area is 131 Å². The van der Waals surface area contributed by atoms with E-state index in [2.05, 4.69) is 12.2 Å². The summed E-state index contributed by atoms with van der Waals surface area (Å²) in [5.41, 5.74) is 0.231. The SMILES string of the molecule is CCCCSCC(=O)Nc1c(Cl)cc(C(=O)O)cc1Cl. The molecule has 0 saturated carbocycles. The Hall–Kier alpha value is -0.910. The first-order valence-electron chi connectivity index (χ1n) is 6.05. The summed E-state index contributed by atoms with van der Waals surface area (Å²) in [6.07, 6.45) is 2.15. The quantitative estimate of drug-likeness (QED) is 0.734. The van der Waals surface area contributed by atoms with Gasteiger partial charge >= 0.3 is 5.97 Å². The van der Waals surface area contributed by atoms with Crippen LogP contribution in [0.25, 0.3) is 0 Å². The maximum atomic E-state index is 11.7. The van der Waals surface area contributed by atoms with Crippen LogP contribution in [0.1, 0.15) is 30.1 Å². The minimum absolute atomic E-state index is 0.0182. The molecule has 0 radical (unpaired) electrons. The van der Waals surface area contributed by atoms with Gasteiger partial charge in [-0.15, -0.1) is 0 Å². The number of anilines is 1. The monoisotopic (exact) mass is 335 g/mol. The van der Waals surface area contributed by atoms with Gasteiger partial charge in [0.2, 0.25) is 5.91 Å². The summed E-state index contributed by atoms with van der Waals surface area (Å²) >= 11 is 13.4. The predicted octanol–water partition coefficient (Wildman–Crippen LogP) is 4.16. The zero-order valence-corrected chi connectivity index (χ0v) is 13.2. The number of benzene rings is 1. The molecule has 0 bridgehead atoms. The molecule has 0 aromatic heterocycles. The fourth-order valence-corrected chi connectivity index (χ4v) is 2.88. The molecule has 1 aromatic rings. The molecule has 110 valence electrons. The van der Waals surface area contributed by atoms with E-state index in [0.29, 0.717) is 5.75 Å². The molecule has 0 fully saturated rings. The summed E-state index contributed by atoms with van der Waals surface area (Å²) in [6.45, 7) is 2.09. The summed E-state index contributed by atoms with van der Waals surface area (Å²) < 4.78 is 0. The van der Waals surface area contributed by atoms with Crippen molar-refractivity contribution in [3.8, 4) is 0 Å². The highest BCUT2D eigenvalue weighted by Crippen LogP contribution is 2.32. The van der Waals surface area contributed by atoms with E-state index in [0.717, 1.165) is 18.6 Å². The zero-order valence-electron chi connectivity index (χ0n) is 10.9. The number of thioether (sulfide) groups is 1. The molecule has 7 heteroatoms. The Morgan fingerprint density at radius 3 is 2.40 bits per heavy atom. The van der Waals surface area contributed by atoms with E-state index in [1.165, 1.54) is 23.9 Å². The number of carbonyl (C=O) groups is 2. The van der Waals surface area contributed by atoms with Gasteiger partial charge in [-0.3, -0.25) is 4.79 Å². The molecule has 1 amide bonds. The Bertz CT molecular complexity index is 485. The van der Waals surface area contributed by atoms with Gasteiger partial charge in [0, 0.05) is 0 Å². The fourth-order valence-electron chi connectivity index (χ4n) is 1.40. The van der Waals surface area contributed by atoms with Gasteiger partial charge in [-0.1, -0.05) is 36.5 Å². The van der Waals surface area contributed by atoms with E-state index in [9.17, 15) is 9.59 Å². The predicted molar refractivity (Wildman–Crippen MR) is 84.3 cm³/mol. The molecule has 0 aliphatic rings. The summed E-state index contributed by atoms with van der Waals surface area (Å²) in [5.74, 6) is -0.101. The van der Waals surface area contributed by atoms with E-state index in [1.54, 1.807) is 0 Å². The third-order valence-electron chi connectivity index (χ3n) is 2.43. The Morgan fingerprint density at radius 1 is 1.30 bits per heavy atom. The largest absolute Gasteiger partial charge is 0.478 e. The maximum absolute atomic E-state index is 11.7.